The molecule has 3 aliphatic rings. The summed E-state index contributed by atoms with van der Waals surface area (Å²) >= 11 is 0. The molecule has 0 fully saturated rings. The van der Waals surface area contributed by atoms with E-state index in [9.17, 15) is 0 Å². The van der Waals surface area contributed by atoms with Crippen molar-refractivity contribution in [3.05, 3.63) is 260 Å². The van der Waals surface area contributed by atoms with Gasteiger partial charge in [0.2, 0.25) is 5.95 Å². The van der Waals surface area contributed by atoms with Crippen molar-refractivity contribution in [3.8, 4) is 51.0 Å². The summed E-state index contributed by atoms with van der Waals surface area (Å²) in [6.45, 7) is 0. The Bertz CT molecular complexity index is 4240. The van der Waals surface area contributed by atoms with E-state index in [1.807, 2.05) is 36.4 Å². The number of anilines is 2. The van der Waals surface area contributed by atoms with Crippen molar-refractivity contribution in [1.29, 1.82) is 0 Å². The highest BCUT2D eigenvalue weighted by Gasteiger charge is 2.37. The number of nitrogens with zero attached hydrogens (tertiary/aromatic N) is 8. The van der Waals surface area contributed by atoms with E-state index in [2.05, 4.69) is 225 Å². The lowest BCUT2D eigenvalue weighted by Crippen LogP contribution is -2.18. The van der Waals surface area contributed by atoms with Gasteiger partial charge in [0.05, 0.1) is 22.2 Å². The molecule has 0 spiro atoms. The third kappa shape index (κ3) is 6.68. The van der Waals surface area contributed by atoms with Gasteiger partial charge in [-0.25, -0.2) is 9.97 Å². The second kappa shape index (κ2) is 17.0. The minimum atomic E-state index is 0.133. The van der Waals surface area contributed by atoms with E-state index in [0.29, 0.717) is 17.6 Å². The summed E-state index contributed by atoms with van der Waals surface area (Å²) in [5.74, 6) is 3.21. The van der Waals surface area contributed by atoms with Crippen molar-refractivity contribution < 1.29 is 0 Å². The molecule has 8 aromatic carbocycles. The van der Waals surface area contributed by atoms with Crippen LogP contribution in [0.25, 0.3) is 94.8 Å². The zero-order valence-electron chi connectivity index (χ0n) is 40.2. The maximum absolute atomic E-state index is 5.63. The minimum Gasteiger partial charge on any atom is -0.309 e. The maximum Gasteiger partial charge on any atom is 0.238 e. The summed E-state index contributed by atoms with van der Waals surface area (Å²) in [6, 6.07) is 71.4. The number of benzene rings is 8. The van der Waals surface area contributed by atoms with Crippen molar-refractivity contribution in [1.82, 2.24) is 33.6 Å². The van der Waals surface area contributed by atoms with Gasteiger partial charge in [-0.15, -0.1) is 0 Å². The van der Waals surface area contributed by atoms with Crippen LogP contribution in [0.5, 0.6) is 0 Å². The number of hydrogen-bond donors (Lipinski definition) is 0. The highest BCUT2D eigenvalue weighted by atomic mass is 15.3. The quantitative estimate of drug-likeness (QED) is 0.152. The number of allylic oxidation sites excluding steroid dienone is 8. The number of fused-ring (bicyclic) bond motifs is 9. The van der Waals surface area contributed by atoms with E-state index in [1.165, 1.54) is 16.3 Å². The van der Waals surface area contributed by atoms with E-state index in [-0.39, 0.29) is 11.8 Å². The zero-order valence-corrected chi connectivity index (χ0v) is 40.2. The molecule has 0 amide bonds. The van der Waals surface area contributed by atoms with Crippen LogP contribution in [0.4, 0.5) is 11.6 Å². The van der Waals surface area contributed by atoms with Crippen molar-refractivity contribution in [2.75, 3.05) is 4.90 Å². The van der Waals surface area contributed by atoms with Gasteiger partial charge < -0.3 is 4.57 Å². The summed E-state index contributed by atoms with van der Waals surface area (Å²) in [5, 5.41) is 3.51. The van der Waals surface area contributed by atoms with E-state index in [4.69, 9.17) is 19.9 Å². The molecule has 350 valence electrons. The molecule has 8 heteroatoms. The topological polar surface area (TPSA) is 69.6 Å². The number of rotatable bonds is 8. The molecule has 5 heterocycles. The normalized spacial score (nSPS) is 15.9. The van der Waals surface area contributed by atoms with Gasteiger partial charge in [-0.2, -0.15) is 9.97 Å². The third-order valence-electron chi connectivity index (χ3n) is 15.1. The highest BCUT2D eigenvalue weighted by molar-refractivity contribution is 6.19. The third-order valence-corrected chi connectivity index (χ3v) is 15.1. The zero-order chi connectivity index (χ0) is 48.7. The Morgan fingerprint density at radius 2 is 0.986 bits per heavy atom. The Kier molecular flexibility index (Phi) is 9.66. The summed E-state index contributed by atoms with van der Waals surface area (Å²) in [4.78, 5) is 23.3. The standard InChI is InChI=1S/C66H46N8/c1-7-21-43(22-8-1)62-67-63(44-23-9-2-10-24-44)69-66(68-62)74-56-34-20-19-33-51(56)52-39-46(36-38-58(52)74)47-35-37-57-53(40-47)54-41-60-55(42-59(54)71(57)48-27-13-4-14-28-48)61-65(72(60)49-29-15-5-16-30-49)70-64(45-25-11-3-12-26-45)73(61)50-31-17-6-18-32-50/h1-25,27-32,34-42,45,51H,26,33H2. The molecular weight excluding hydrogens is 905 g/mol. The number of aromatic nitrogens is 7. The number of para-hydroxylation sites is 3. The van der Waals surface area contributed by atoms with Crippen molar-refractivity contribution in [2.24, 2.45) is 0 Å². The van der Waals surface area contributed by atoms with Crippen molar-refractivity contribution in [3.63, 3.8) is 0 Å². The first kappa shape index (κ1) is 42.1. The highest BCUT2D eigenvalue weighted by Crippen LogP contribution is 2.51. The fourth-order valence-electron chi connectivity index (χ4n) is 11.7. The van der Waals surface area contributed by atoms with Gasteiger partial charge in [0.1, 0.15) is 11.3 Å². The van der Waals surface area contributed by atoms with Gasteiger partial charge in [-0.05, 0) is 108 Å². The van der Waals surface area contributed by atoms with Crippen LogP contribution in [-0.4, -0.2) is 33.6 Å². The van der Waals surface area contributed by atoms with E-state index < -0.39 is 0 Å². The summed E-state index contributed by atoms with van der Waals surface area (Å²) < 4.78 is 7.22. The lowest BCUT2D eigenvalue weighted by molar-refractivity contribution is 0.757. The van der Waals surface area contributed by atoms with Crippen LogP contribution in [0.15, 0.2) is 248 Å². The largest absolute Gasteiger partial charge is 0.309 e. The first-order valence-electron chi connectivity index (χ1n) is 25.4. The van der Waals surface area contributed by atoms with Gasteiger partial charge in [0, 0.05) is 61.9 Å². The van der Waals surface area contributed by atoms with Crippen LogP contribution in [0, 0.1) is 0 Å². The number of hydrogen-bond acceptors (Lipinski definition) is 5. The molecule has 2 unspecified atom stereocenters. The predicted molar refractivity (Wildman–Crippen MR) is 301 cm³/mol. The number of imidazole rings is 1. The van der Waals surface area contributed by atoms with Crippen LogP contribution < -0.4 is 4.90 Å². The molecule has 0 saturated heterocycles. The van der Waals surface area contributed by atoms with Crippen molar-refractivity contribution >= 4 is 55.5 Å². The molecule has 15 rings (SSSR count). The predicted octanol–water partition coefficient (Wildman–Crippen LogP) is 15.9. The van der Waals surface area contributed by atoms with Gasteiger partial charge >= 0.3 is 0 Å². The molecule has 0 saturated carbocycles. The SMILES string of the molecule is C1=CCC(c2nc3c(c4cc5c(cc4n3-c3ccccc3)c3cc(-c4ccc6c(c4)C4CC=CC=C4N6c4nc(-c6ccccc6)nc(-c6ccccc6)n4)ccc3n5-c3ccccc3)n2-c2ccccc2)C=C1. The molecule has 1 aliphatic heterocycles. The van der Waals surface area contributed by atoms with Crippen LogP contribution >= 0.6 is 0 Å². The molecule has 0 N–H and O–H groups in total. The summed E-state index contributed by atoms with van der Waals surface area (Å²) in [5.41, 5.74) is 16.4. The van der Waals surface area contributed by atoms with E-state index in [0.717, 1.165) is 102 Å². The van der Waals surface area contributed by atoms with E-state index >= 15 is 0 Å². The van der Waals surface area contributed by atoms with Crippen LogP contribution in [-0.2, 0) is 0 Å². The van der Waals surface area contributed by atoms with Crippen molar-refractivity contribution in [2.45, 2.75) is 24.7 Å². The monoisotopic (exact) mass is 950 g/mol. The van der Waals surface area contributed by atoms with Gasteiger partial charge in [0.15, 0.2) is 17.3 Å². The lowest BCUT2D eigenvalue weighted by Gasteiger charge is -2.23. The molecule has 8 nitrogen and oxygen atoms in total. The van der Waals surface area contributed by atoms with Crippen LogP contribution in [0.3, 0.4) is 0 Å². The Hall–Kier alpha value is -9.66. The second-order valence-electron chi connectivity index (χ2n) is 19.4. The maximum atomic E-state index is 5.63. The van der Waals surface area contributed by atoms with Crippen LogP contribution in [0.2, 0.25) is 0 Å². The Morgan fingerprint density at radius 3 is 1.65 bits per heavy atom. The van der Waals surface area contributed by atoms with E-state index in [1.54, 1.807) is 0 Å². The molecule has 2 aliphatic carbocycles. The fourth-order valence-corrected chi connectivity index (χ4v) is 11.7. The smallest absolute Gasteiger partial charge is 0.238 e. The molecule has 0 radical (unpaired) electrons. The molecule has 0 bridgehead atoms. The second-order valence-corrected chi connectivity index (χ2v) is 19.4. The Balaban J connectivity index is 0.933. The molecule has 4 aromatic heterocycles. The fraction of sp³-hybridized carbons (Fsp3) is 0.0606. The first-order valence-corrected chi connectivity index (χ1v) is 25.4. The van der Waals surface area contributed by atoms with Gasteiger partial charge in [-0.3, -0.25) is 14.0 Å². The van der Waals surface area contributed by atoms with Crippen LogP contribution in [0.1, 0.15) is 36.1 Å². The molecule has 2 atom stereocenters. The Morgan fingerprint density at radius 1 is 0.419 bits per heavy atom. The molecular formula is C66H46N8. The van der Waals surface area contributed by atoms with Gasteiger partial charge in [0.25, 0.3) is 0 Å². The first-order chi connectivity index (χ1) is 36.7. The average molecular weight is 951 g/mol. The summed E-state index contributed by atoms with van der Waals surface area (Å²) in [6.07, 6.45) is 17.3. The molecule has 74 heavy (non-hydrogen) atoms. The van der Waals surface area contributed by atoms with Gasteiger partial charge in [-0.1, -0.05) is 164 Å². The minimum absolute atomic E-state index is 0.133. The molecule has 12 aromatic rings. The Labute approximate surface area is 427 Å². The average Bonchev–Trinajstić information content (AvgIpc) is 4.24. The summed E-state index contributed by atoms with van der Waals surface area (Å²) in [7, 11) is 0. The lowest BCUT2D eigenvalue weighted by atomic mass is 9.90.